The van der Waals surface area contributed by atoms with Gasteiger partial charge in [0, 0.05) is 47.3 Å². The van der Waals surface area contributed by atoms with E-state index in [1.165, 1.54) is 4.91 Å². The summed E-state index contributed by atoms with van der Waals surface area (Å²) in [6, 6.07) is 7.36. The van der Waals surface area contributed by atoms with Gasteiger partial charge in [0.25, 0.3) is 5.91 Å². The zero-order chi connectivity index (χ0) is 19.3. The molecule has 0 saturated heterocycles. The lowest BCUT2D eigenvalue weighted by Gasteiger charge is -2.09. The van der Waals surface area contributed by atoms with Crippen LogP contribution >= 0.6 is 11.8 Å². The van der Waals surface area contributed by atoms with Crippen LogP contribution in [0.4, 0.5) is 5.82 Å². The topological polar surface area (TPSA) is 91.5 Å². The van der Waals surface area contributed by atoms with Crippen molar-refractivity contribution in [2.24, 2.45) is 0 Å². The standard InChI is InChI=1S/C20H21N5O2S/c26-9-7-22-20(27)15-4-1-3-14(11-15)17-13-24-19-18(21-6-8-25(17)19)23-12-16-5-2-10-28-16/h1,3-6,8,11,13,26H,2,7,9-10,12H2,(H,21,23)(H,22,27). The number of amides is 1. The molecule has 0 spiro atoms. The summed E-state index contributed by atoms with van der Waals surface area (Å²) in [6.45, 7) is 0.894. The number of aliphatic hydroxyl groups excluding tert-OH is 1. The third-order valence-electron chi connectivity index (χ3n) is 4.45. The lowest BCUT2D eigenvalue weighted by Crippen LogP contribution is -2.26. The number of hydrogen-bond donors (Lipinski definition) is 3. The first-order valence-corrected chi connectivity index (χ1v) is 10.1. The van der Waals surface area contributed by atoms with Crippen LogP contribution in [0.25, 0.3) is 16.9 Å². The minimum absolute atomic E-state index is 0.0864. The first kappa shape index (κ1) is 18.5. The Morgan fingerprint density at radius 1 is 1.32 bits per heavy atom. The summed E-state index contributed by atoms with van der Waals surface area (Å²) < 4.78 is 1.97. The van der Waals surface area contributed by atoms with Crippen LogP contribution in [0, 0.1) is 0 Å². The van der Waals surface area contributed by atoms with Crippen LogP contribution in [0.3, 0.4) is 0 Å². The fourth-order valence-electron chi connectivity index (χ4n) is 3.11. The SMILES string of the molecule is O=C(NCCO)c1cccc(-c2cnc3c(NCC4=CCCS4)nccn23)c1. The molecule has 2 aromatic heterocycles. The smallest absolute Gasteiger partial charge is 0.251 e. The Morgan fingerprint density at radius 2 is 2.25 bits per heavy atom. The van der Waals surface area contributed by atoms with E-state index in [0.29, 0.717) is 5.56 Å². The van der Waals surface area contributed by atoms with E-state index < -0.39 is 0 Å². The highest BCUT2D eigenvalue weighted by Crippen LogP contribution is 2.27. The summed E-state index contributed by atoms with van der Waals surface area (Å²) in [6.07, 6.45) is 8.77. The molecule has 8 heteroatoms. The molecule has 144 valence electrons. The normalized spacial score (nSPS) is 13.5. The lowest BCUT2D eigenvalue weighted by molar-refractivity contribution is 0.0945. The Labute approximate surface area is 166 Å². The van der Waals surface area contributed by atoms with Crippen LogP contribution in [0.5, 0.6) is 0 Å². The number of aliphatic hydroxyl groups is 1. The van der Waals surface area contributed by atoms with Crippen LogP contribution < -0.4 is 10.6 Å². The van der Waals surface area contributed by atoms with Gasteiger partial charge < -0.3 is 15.7 Å². The molecule has 1 aromatic carbocycles. The lowest BCUT2D eigenvalue weighted by atomic mass is 10.1. The number of carbonyl (C=O) groups is 1. The monoisotopic (exact) mass is 395 g/mol. The molecular formula is C20H21N5O2S. The highest BCUT2D eigenvalue weighted by atomic mass is 32.2. The van der Waals surface area contributed by atoms with Crippen molar-refractivity contribution in [2.75, 3.05) is 30.8 Å². The fraction of sp³-hybridized carbons (Fsp3) is 0.250. The van der Waals surface area contributed by atoms with Gasteiger partial charge in [-0.3, -0.25) is 9.20 Å². The number of rotatable bonds is 7. The molecule has 1 aliphatic heterocycles. The molecule has 28 heavy (non-hydrogen) atoms. The predicted octanol–water partition coefficient (Wildman–Crippen LogP) is 2.55. The van der Waals surface area contributed by atoms with Crippen LogP contribution in [-0.4, -0.2) is 50.8 Å². The minimum Gasteiger partial charge on any atom is -0.395 e. The summed E-state index contributed by atoms with van der Waals surface area (Å²) in [5, 5.41) is 14.9. The van der Waals surface area contributed by atoms with Gasteiger partial charge in [-0.1, -0.05) is 18.2 Å². The third kappa shape index (κ3) is 3.88. The molecule has 7 nitrogen and oxygen atoms in total. The van der Waals surface area contributed by atoms with E-state index in [0.717, 1.165) is 41.4 Å². The van der Waals surface area contributed by atoms with Gasteiger partial charge in [-0.25, -0.2) is 9.97 Å². The molecule has 3 N–H and O–H groups in total. The molecule has 1 amide bonds. The van der Waals surface area contributed by atoms with Gasteiger partial charge in [0.2, 0.25) is 0 Å². The number of nitrogens with zero attached hydrogens (tertiary/aromatic N) is 3. The molecule has 0 atom stereocenters. The maximum absolute atomic E-state index is 12.2. The van der Waals surface area contributed by atoms with Crippen molar-refractivity contribution in [3.8, 4) is 11.3 Å². The zero-order valence-electron chi connectivity index (χ0n) is 15.3. The Morgan fingerprint density at radius 3 is 3.07 bits per heavy atom. The first-order chi connectivity index (χ1) is 13.8. The van der Waals surface area contributed by atoms with E-state index >= 15 is 0 Å². The molecule has 0 radical (unpaired) electrons. The van der Waals surface area contributed by atoms with Crippen LogP contribution in [-0.2, 0) is 0 Å². The number of thioether (sulfide) groups is 1. The Hall–Kier alpha value is -2.84. The van der Waals surface area contributed by atoms with E-state index in [-0.39, 0.29) is 19.1 Å². The molecular weight excluding hydrogens is 374 g/mol. The van der Waals surface area contributed by atoms with Gasteiger partial charge in [-0.15, -0.1) is 11.8 Å². The zero-order valence-corrected chi connectivity index (χ0v) is 16.1. The number of benzene rings is 1. The average Bonchev–Trinajstić information content (AvgIpc) is 3.40. The fourth-order valence-corrected chi connectivity index (χ4v) is 4.02. The van der Waals surface area contributed by atoms with Gasteiger partial charge in [0.15, 0.2) is 11.5 Å². The molecule has 0 saturated carbocycles. The average molecular weight is 395 g/mol. The molecule has 0 unspecified atom stereocenters. The van der Waals surface area contributed by atoms with Crippen LogP contribution in [0.1, 0.15) is 16.8 Å². The van der Waals surface area contributed by atoms with Crippen LogP contribution in [0.15, 0.2) is 53.8 Å². The molecule has 0 fully saturated rings. The van der Waals surface area contributed by atoms with Crippen molar-refractivity contribution < 1.29 is 9.90 Å². The number of anilines is 1. The predicted molar refractivity (Wildman–Crippen MR) is 111 cm³/mol. The van der Waals surface area contributed by atoms with Gasteiger partial charge in [0.05, 0.1) is 18.5 Å². The van der Waals surface area contributed by atoms with Crippen molar-refractivity contribution in [2.45, 2.75) is 6.42 Å². The number of fused-ring (bicyclic) bond motifs is 1. The number of imidazole rings is 1. The van der Waals surface area contributed by atoms with E-state index in [9.17, 15) is 4.79 Å². The van der Waals surface area contributed by atoms with Crippen molar-refractivity contribution in [3.63, 3.8) is 0 Å². The van der Waals surface area contributed by atoms with Gasteiger partial charge in [0.1, 0.15) is 0 Å². The Balaban J connectivity index is 1.61. The summed E-state index contributed by atoms with van der Waals surface area (Å²) in [4.78, 5) is 22.5. The molecule has 3 aromatic rings. The molecule has 0 bridgehead atoms. The molecule has 1 aliphatic rings. The van der Waals surface area contributed by atoms with Gasteiger partial charge in [-0.05, 0) is 18.6 Å². The van der Waals surface area contributed by atoms with E-state index in [1.54, 1.807) is 18.5 Å². The second-order valence-electron chi connectivity index (χ2n) is 6.33. The van der Waals surface area contributed by atoms with Gasteiger partial charge >= 0.3 is 0 Å². The maximum atomic E-state index is 12.2. The molecule has 3 heterocycles. The highest BCUT2D eigenvalue weighted by molar-refractivity contribution is 8.03. The van der Waals surface area contributed by atoms with Crippen molar-refractivity contribution in [1.82, 2.24) is 19.7 Å². The second-order valence-corrected chi connectivity index (χ2v) is 7.56. The third-order valence-corrected chi connectivity index (χ3v) is 5.57. The number of aromatic nitrogens is 3. The summed E-state index contributed by atoms with van der Waals surface area (Å²) in [7, 11) is 0. The first-order valence-electron chi connectivity index (χ1n) is 9.13. The highest BCUT2D eigenvalue weighted by Gasteiger charge is 2.13. The second kappa shape index (κ2) is 8.45. The Bertz CT molecular complexity index is 1030. The van der Waals surface area contributed by atoms with E-state index in [4.69, 9.17) is 5.11 Å². The largest absolute Gasteiger partial charge is 0.395 e. The van der Waals surface area contributed by atoms with Crippen LogP contribution in [0.2, 0.25) is 0 Å². The summed E-state index contributed by atoms with van der Waals surface area (Å²) >= 11 is 1.87. The number of allylic oxidation sites excluding steroid dienone is 1. The Kier molecular flexibility index (Phi) is 5.59. The summed E-state index contributed by atoms with van der Waals surface area (Å²) in [5.74, 6) is 1.67. The number of carbonyl (C=O) groups excluding carboxylic acids is 1. The summed E-state index contributed by atoms with van der Waals surface area (Å²) in [5.41, 5.74) is 3.05. The van der Waals surface area contributed by atoms with Crippen molar-refractivity contribution in [1.29, 1.82) is 0 Å². The quantitative estimate of drug-likeness (QED) is 0.570. The number of hydrogen-bond acceptors (Lipinski definition) is 6. The van der Waals surface area contributed by atoms with Crippen molar-refractivity contribution in [3.05, 3.63) is 59.4 Å². The van der Waals surface area contributed by atoms with E-state index in [2.05, 4.69) is 26.7 Å². The van der Waals surface area contributed by atoms with E-state index in [1.807, 2.05) is 40.6 Å². The molecule has 0 aliphatic carbocycles. The number of nitrogens with one attached hydrogen (secondary N) is 2. The van der Waals surface area contributed by atoms with Crippen molar-refractivity contribution >= 4 is 29.1 Å². The maximum Gasteiger partial charge on any atom is 0.251 e. The minimum atomic E-state index is -0.212. The van der Waals surface area contributed by atoms with Gasteiger partial charge in [-0.2, -0.15) is 0 Å². The molecule has 4 rings (SSSR count).